The van der Waals surface area contributed by atoms with Gasteiger partial charge in [-0.2, -0.15) is 5.10 Å². The lowest BCUT2D eigenvalue weighted by Crippen LogP contribution is -2.31. The number of H-pyrrole nitrogens is 2. The van der Waals surface area contributed by atoms with E-state index in [1.807, 2.05) is 60.4 Å². The number of hydrazone groups is 1. The normalized spacial score (nSPS) is 10.7. The highest BCUT2D eigenvalue weighted by atomic mass is 16.5. The van der Waals surface area contributed by atoms with Crippen molar-refractivity contribution in [2.75, 3.05) is 11.9 Å². The monoisotopic (exact) mass is 408 g/mol. The van der Waals surface area contributed by atoms with Gasteiger partial charge >= 0.3 is 5.69 Å². The Hall–Kier alpha value is -4.21. The van der Waals surface area contributed by atoms with Crippen molar-refractivity contribution in [2.24, 2.45) is 5.10 Å². The Kier molecular flexibility index (Phi) is 6.72. The van der Waals surface area contributed by atoms with Crippen molar-refractivity contribution in [1.82, 2.24) is 20.6 Å². The van der Waals surface area contributed by atoms with E-state index in [0.717, 1.165) is 16.9 Å². The fraction of sp³-hybridized carbons (Fsp3) is 0.150. The lowest BCUT2D eigenvalue weighted by Gasteiger charge is -2.07. The van der Waals surface area contributed by atoms with Gasteiger partial charge in [0.25, 0.3) is 11.5 Å². The molecule has 0 saturated heterocycles. The highest BCUT2D eigenvalue weighted by molar-refractivity contribution is 5.84. The van der Waals surface area contributed by atoms with Gasteiger partial charge in [0, 0.05) is 0 Å². The summed E-state index contributed by atoms with van der Waals surface area (Å²) in [5.74, 6) is 0.0613. The molecule has 0 saturated carbocycles. The van der Waals surface area contributed by atoms with Crippen LogP contribution in [0.1, 0.15) is 16.7 Å². The van der Waals surface area contributed by atoms with Crippen molar-refractivity contribution >= 4 is 17.9 Å². The minimum Gasteiger partial charge on any atom is -0.489 e. The summed E-state index contributed by atoms with van der Waals surface area (Å²) in [5.41, 5.74) is 3.92. The van der Waals surface area contributed by atoms with Crippen molar-refractivity contribution in [3.8, 4) is 5.75 Å². The van der Waals surface area contributed by atoms with Gasteiger partial charge in [-0.05, 0) is 42.3 Å². The number of rotatable bonds is 8. The molecule has 0 bridgehead atoms. The molecule has 1 amide bonds. The fourth-order valence-corrected chi connectivity index (χ4v) is 2.35. The zero-order valence-corrected chi connectivity index (χ0v) is 16.1. The number of nitrogens with zero attached hydrogens (tertiary/aromatic N) is 2. The maximum absolute atomic E-state index is 11.8. The maximum Gasteiger partial charge on any atom is 0.342 e. The van der Waals surface area contributed by atoms with E-state index in [4.69, 9.17) is 4.74 Å². The first kappa shape index (κ1) is 20.5. The minimum absolute atomic E-state index is 0.171. The quantitative estimate of drug-likeness (QED) is 0.322. The number of aromatic nitrogens is 3. The maximum atomic E-state index is 11.8. The first-order valence-electron chi connectivity index (χ1n) is 9.03. The fourth-order valence-electron chi connectivity index (χ4n) is 2.35. The summed E-state index contributed by atoms with van der Waals surface area (Å²) in [4.78, 5) is 36.1. The van der Waals surface area contributed by atoms with Crippen LogP contribution in [0.3, 0.4) is 0 Å². The van der Waals surface area contributed by atoms with E-state index in [-0.39, 0.29) is 12.4 Å². The van der Waals surface area contributed by atoms with Gasteiger partial charge in [0.05, 0.1) is 12.8 Å². The van der Waals surface area contributed by atoms with Gasteiger partial charge in [-0.1, -0.05) is 29.8 Å². The van der Waals surface area contributed by atoms with Gasteiger partial charge in [0.1, 0.15) is 12.4 Å². The minimum atomic E-state index is -0.730. The van der Waals surface area contributed by atoms with Crippen LogP contribution in [-0.2, 0) is 11.4 Å². The summed E-state index contributed by atoms with van der Waals surface area (Å²) < 4.78 is 5.74. The van der Waals surface area contributed by atoms with Crippen LogP contribution in [0, 0.1) is 6.92 Å². The molecule has 0 spiro atoms. The van der Waals surface area contributed by atoms with Crippen LogP contribution in [0.2, 0.25) is 0 Å². The second-order valence-corrected chi connectivity index (χ2v) is 6.35. The molecule has 1 heterocycles. The van der Waals surface area contributed by atoms with E-state index >= 15 is 0 Å². The van der Waals surface area contributed by atoms with Gasteiger partial charge in [-0.25, -0.2) is 15.3 Å². The third-order valence-corrected chi connectivity index (χ3v) is 3.94. The second-order valence-electron chi connectivity index (χ2n) is 6.35. The molecule has 10 nitrogen and oxygen atoms in total. The van der Waals surface area contributed by atoms with E-state index in [2.05, 4.69) is 26.0 Å². The average molecular weight is 408 g/mol. The van der Waals surface area contributed by atoms with Crippen LogP contribution in [0.25, 0.3) is 0 Å². The molecule has 0 aliphatic rings. The molecule has 3 aromatic rings. The largest absolute Gasteiger partial charge is 0.489 e. The predicted octanol–water partition coefficient (Wildman–Crippen LogP) is 0.908. The zero-order valence-electron chi connectivity index (χ0n) is 16.1. The molecule has 154 valence electrons. The Balaban J connectivity index is 1.44. The second kappa shape index (κ2) is 9.82. The summed E-state index contributed by atoms with van der Waals surface area (Å²) in [5, 5.41) is 11.9. The topological polar surface area (TPSA) is 141 Å². The lowest BCUT2D eigenvalue weighted by molar-refractivity contribution is -0.119. The number of hydrogen-bond acceptors (Lipinski definition) is 7. The first-order valence-corrected chi connectivity index (χ1v) is 9.03. The van der Waals surface area contributed by atoms with Gasteiger partial charge in [0.2, 0.25) is 5.82 Å². The van der Waals surface area contributed by atoms with E-state index < -0.39 is 17.2 Å². The summed E-state index contributed by atoms with van der Waals surface area (Å²) in [6.07, 6.45) is 1.48. The lowest BCUT2D eigenvalue weighted by atomic mass is 10.2. The molecule has 30 heavy (non-hydrogen) atoms. The van der Waals surface area contributed by atoms with Crippen molar-refractivity contribution in [3.63, 3.8) is 0 Å². The van der Waals surface area contributed by atoms with Crippen LogP contribution in [-0.4, -0.2) is 33.8 Å². The molecule has 1 aromatic heterocycles. The van der Waals surface area contributed by atoms with Crippen LogP contribution >= 0.6 is 0 Å². The molecule has 0 unspecified atom stereocenters. The van der Waals surface area contributed by atoms with Crippen LogP contribution in [0.4, 0.5) is 5.82 Å². The molecule has 4 N–H and O–H groups in total. The molecule has 0 radical (unpaired) electrons. The van der Waals surface area contributed by atoms with Gasteiger partial charge in [-0.3, -0.25) is 14.6 Å². The number of aromatic amines is 2. The van der Waals surface area contributed by atoms with Gasteiger partial charge in [-0.15, -0.1) is 5.10 Å². The number of ether oxygens (including phenoxy) is 1. The number of amides is 1. The average Bonchev–Trinajstić information content (AvgIpc) is 2.74. The highest BCUT2D eigenvalue weighted by Gasteiger charge is 2.04. The predicted molar refractivity (Wildman–Crippen MR) is 112 cm³/mol. The van der Waals surface area contributed by atoms with Crippen molar-refractivity contribution in [1.29, 1.82) is 0 Å². The highest BCUT2D eigenvalue weighted by Crippen LogP contribution is 2.14. The Labute approximate surface area is 171 Å². The van der Waals surface area contributed by atoms with Crippen molar-refractivity contribution in [3.05, 3.63) is 86.1 Å². The molecule has 2 aromatic carbocycles. The number of nitrogens with one attached hydrogen (secondary N) is 4. The van der Waals surface area contributed by atoms with Gasteiger partial charge in [0.15, 0.2) is 0 Å². The zero-order chi connectivity index (χ0) is 21.3. The number of benzene rings is 2. The Morgan fingerprint density at radius 1 is 1.13 bits per heavy atom. The summed E-state index contributed by atoms with van der Waals surface area (Å²) in [6, 6.07) is 15.4. The molecule has 0 aliphatic heterocycles. The summed E-state index contributed by atoms with van der Waals surface area (Å²) in [6.45, 7) is 2.27. The number of carbonyl (C=O) groups excluding carboxylic acids is 1. The molecule has 3 rings (SSSR count). The molecule has 10 heteroatoms. The van der Waals surface area contributed by atoms with Crippen LogP contribution in [0.5, 0.6) is 5.75 Å². The number of aryl methyl sites for hydroxylation is 1. The standard InChI is InChI=1S/C20H20N6O4/c1-13-2-4-15(5-3-13)12-30-16-8-6-14(7-9-16)10-22-24-17(27)11-21-18-19(28)23-20(29)26-25-18/h2-10H,11-12H2,1H3,(H,21,25)(H,24,27)(H2,23,26,28,29)/b22-10+. The van der Waals surface area contributed by atoms with Crippen LogP contribution in [0.15, 0.2) is 63.2 Å². The van der Waals surface area contributed by atoms with E-state index in [1.54, 1.807) is 0 Å². The Morgan fingerprint density at radius 2 is 1.87 bits per heavy atom. The first-order chi connectivity index (χ1) is 14.5. The van der Waals surface area contributed by atoms with Crippen molar-refractivity contribution in [2.45, 2.75) is 13.5 Å². The summed E-state index contributed by atoms with van der Waals surface area (Å²) >= 11 is 0. The number of hydrogen-bond donors (Lipinski definition) is 4. The smallest absolute Gasteiger partial charge is 0.342 e. The van der Waals surface area contributed by atoms with E-state index in [9.17, 15) is 14.4 Å². The Bertz CT molecular complexity index is 1130. The summed E-state index contributed by atoms with van der Waals surface area (Å²) in [7, 11) is 0. The third-order valence-electron chi connectivity index (χ3n) is 3.94. The molecular weight excluding hydrogens is 388 g/mol. The SMILES string of the molecule is Cc1ccc(COc2ccc(/C=N/NC(=O)CNc3n[nH]c(=O)[nH]c3=O)cc2)cc1. The molecular formula is C20H20N6O4. The van der Waals surface area contributed by atoms with Crippen molar-refractivity contribution < 1.29 is 9.53 Å². The molecule has 0 fully saturated rings. The third kappa shape index (κ3) is 6.16. The molecule has 0 aliphatic carbocycles. The van der Waals surface area contributed by atoms with E-state index in [0.29, 0.717) is 6.61 Å². The number of carbonyl (C=O) groups is 1. The van der Waals surface area contributed by atoms with Crippen LogP contribution < -0.4 is 26.7 Å². The van der Waals surface area contributed by atoms with E-state index in [1.165, 1.54) is 11.8 Å². The number of anilines is 1. The molecule has 0 atom stereocenters. The van der Waals surface area contributed by atoms with Gasteiger partial charge < -0.3 is 10.1 Å². The Morgan fingerprint density at radius 3 is 2.57 bits per heavy atom.